The zero-order chi connectivity index (χ0) is 75.5. The Hall–Kier alpha value is -12.4. The van der Waals surface area contributed by atoms with E-state index in [0.717, 1.165) is 71.5 Å². The number of pyridine rings is 6. The van der Waals surface area contributed by atoms with Gasteiger partial charge in [0.15, 0.2) is 34.8 Å². The summed E-state index contributed by atoms with van der Waals surface area (Å²) < 4.78 is 173. The lowest BCUT2D eigenvalue weighted by molar-refractivity contribution is 0.406. The summed E-state index contributed by atoms with van der Waals surface area (Å²) in [6.45, 7) is 0.159. The standard InChI is InChI=1S/C23H21FN6O3.C22H18F2N6O2.C21H16F2N6O2/c1-12-15(11-28(2)27-12)13-6-14-17(7-19(13)32-4)26-9-18-21(14)30(23(31)29(18)3)22-16(24)8-25-10-20(22)33-5;1-11-14(10-28(2)27-11)12-5-13-17(6-19(12)32-4)26-9-18-20(13)30(22(31)29(18)3)21-15(23)7-25-8-16(21)24;1-10-13(6-26-27-10)11-4-12-16(5-18(11)31-3)25-9-17-19(12)29(21(30)28(17)2)20-14(22)7-24-8-15(20)23/h6-11H,1-5H3;5-10H,1-4H3;4-9H,1-3H3,(H,26,27)/i2D3,5D3;2D3;. The van der Waals surface area contributed by atoms with Crippen LogP contribution >= 0.6 is 0 Å². The van der Waals surface area contributed by atoms with Gasteiger partial charge in [-0.05, 0) is 39.0 Å². The molecule has 1 N–H and O–H groups in total. The van der Waals surface area contributed by atoms with Gasteiger partial charge in [-0.15, -0.1) is 0 Å². The quantitative estimate of drug-likeness (QED) is 0.125. The van der Waals surface area contributed by atoms with Gasteiger partial charge < -0.3 is 18.9 Å². The molecule has 12 aromatic heterocycles. The maximum atomic E-state index is 15.3. The molecule has 0 saturated carbocycles. The van der Waals surface area contributed by atoms with Crippen LogP contribution in [0.4, 0.5) is 22.0 Å². The van der Waals surface area contributed by atoms with E-state index in [-0.39, 0.29) is 11.0 Å². The number of H-pyrrole nitrogens is 1. The minimum Gasteiger partial charge on any atom is -0.496 e. The lowest BCUT2D eigenvalue weighted by Gasteiger charge is -2.13. The predicted octanol–water partition coefficient (Wildman–Crippen LogP) is 9.66. The number of aryl methyl sites for hydroxylation is 8. The highest BCUT2D eigenvalue weighted by Gasteiger charge is 2.28. The SMILES string of the molecule is COc1cc2ncc3c(c2cc1-c1cn[nH]c1C)n(-c1c(F)cncc1F)c(=O)n3C.[2H]C([2H])([2H])Oc1cncc(F)c1-n1c(=O)n(C)c2cnc3cc(OC)c(-c4cn(C([2H])([2H])[2H])nc4C)cc3c21.[2H]C([2H])([2H])n1cc(-c2cc3c(cc2OC)ncc2c3n(-c3c(F)cncc3F)c(=O)n2C)c(C)n1. The van der Waals surface area contributed by atoms with Crippen molar-refractivity contribution in [1.29, 1.82) is 0 Å². The van der Waals surface area contributed by atoms with Gasteiger partial charge in [-0.1, -0.05) is 0 Å². The Morgan fingerprint density at radius 2 is 0.781 bits per heavy atom. The summed E-state index contributed by atoms with van der Waals surface area (Å²) in [6.07, 6.45) is 14.0. The molecule has 0 aliphatic heterocycles. The van der Waals surface area contributed by atoms with E-state index >= 15 is 4.39 Å². The number of rotatable bonds is 10. The van der Waals surface area contributed by atoms with Gasteiger partial charge in [0.1, 0.15) is 34.3 Å². The molecule has 96 heavy (non-hydrogen) atoms. The summed E-state index contributed by atoms with van der Waals surface area (Å²) in [4.78, 5) is 63.6. The van der Waals surface area contributed by atoms with Crippen molar-refractivity contribution in [1.82, 2.24) is 87.1 Å². The van der Waals surface area contributed by atoms with E-state index < -0.39 is 90.0 Å². The van der Waals surface area contributed by atoms with Crippen molar-refractivity contribution in [2.45, 2.75) is 20.8 Å². The van der Waals surface area contributed by atoms with Crippen molar-refractivity contribution in [2.24, 2.45) is 35.1 Å². The molecular weight excluding hydrogens is 1250 g/mol. The van der Waals surface area contributed by atoms with Gasteiger partial charge in [-0.25, -0.2) is 36.3 Å². The van der Waals surface area contributed by atoms with Crippen LogP contribution in [0.15, 0.2) is 125 Å². The Morgan fingerprint density at radius 3 is 1.11 bits per heavy atom. The second kappa shape index (κ2) is 23.9. The molecular formula is C66H55F5N18O7. The fourth-order valence-electron chi connectivity index (χ4n) is 11.8. The molecule has 0 spiro atoms. The molecule has 15 rings (SSSR count). The third-order valence-electron chi connectivity index (χ3n) is 16.4. The number of aromatic amines is 1. The predicted molar refractivity (Wildman–Crippen MR) is 347 cm³/mol. The first-order valence-electron chi connectivity index (χ1n) is 33.0. The Morgan fingerprint density at radius 1 is 0.427 bits per heavy atom. The molecule has 0 saturated heterocycles. The second-order valence-corrected chi connectivity index (χ2v) is 21.7. The van der Waals surface area contributed by atoms with Gasteiger partial charge in [0.2, 0.25) is 0 Å². The molecule has 0 radical (unpaired) electrons. The molecule has 25 nitrogen and oxygen atoms in total. The van der Waals surface area contributed by atoms with Crippen LogP contribution in [0.1, 0.15) is 29.4 Å². The van der Waals surface area contributed by atoms with Crippen LogP contribution in [-0.4, -0.2) is 115 Å². The van der Waals surface area contributed by atoms with E-state index in [1.165, 1.54) is 80.0 Å². The molecule has 0 bridgehead atoms. The van der Waals surface area contributed by atoms with Gasteiger partial charge in [0.25, 0.3) is 0 Å². The largest absolute Gasteiger partial charge is 0.496 e. The first kappa shape index (κ1) is 52.2. The van der Waals surface area contributed by atoms with E-state index in [1.54, 1.807) is 63.6 Å². The molecule has 486 valence electrons. The van der Waals surface area contributed by atoms with Crippen molar-refractivity contribution in [2.75, 3.05) is 28.4 Å². The van der Waals surface area contributed by atoms with Crippen LogP contribution < -0.4 is 36.0 Å². The highest BCUT2D eigenvalue weighted by atomic mass is 19.1. The van der Waals surface area contributed by atoms with Crippen LogP contribution in [0.25, 0.3) is 116 Å². The average molecular weight is 1320 g/mol. The Kier molecular flexibility index (Phi) is 13.0. The third kappa shape index (κ3) is 9.98. The number of methoxy groups -OCH3 is 4. The maximum absolute atomic E-state index is 15.3. The Balaban J connectivity index is 0.000000141. The Labute approximate surface area is 550 Å². The van der Waals surface area contributed by atoms with Crippen LogP contribution in [0.5, 0.6) is 23.0 Å². The second-order valence-electron chi connectivity index (χ2n) is 21.7. The number of halogens is 5. The molecule has 3 aromatic carbocycles. The Bertz CT molecular complexity index is 6230. The van der Waals surface area contributed by atoms with Crippen LogP contribution in [0.3, 0.4) is 0 Å². The minimum absolute atomic E-state index is 0.206. The number of nitrogens with zero attached hydrogens (tertiary/aromatic N) is 17. The lowest BCUT2D eigenvalue weighted by Crippen LogP contribution is -2.22. The molecule has 0 atom stereocenters. The number of benzene rings is 3. The van der Waals surface area contributed by atoms with E-state index in [0.29, 0.717) is 111 Å². The number of hydrogen-bond donors (Lipinski definition) is 1. The van der Waals surface area contributed by atoms with E-state index in [2.05, 4.69) is 50.3 Å². The van der Waals surface area contributed by atoms with Gasteiger partial charge in [-0.2, -0.15) is 15.3 Å². The summed E-state index contributed by atoms with van der Waals surface area (Å²) in [6, 6.07) is 9.99. The number of nitrogens with one attached hydrogen (secondary N) is 1. The maximum Gasteiger partial charge on any atom is 0.333 e. The number of fused-ring (bicyclic) bond motifs is 9. The van der Waals surface area contributed by atoms with Crippen molar-refractivity contribution < 1.29 is 53.2 Å². The number of imidazole rings is 3. The average Bonchev–Trinajstić information content (AvgIpc) is 1.58. The first-order valence-corrected chi connectivity index (χ1v) is 28.5. The van der Waals surface area contributed by atoms with Crippen molar-refractivity contribution in [3.05, 3.63) is 188 Å². The molecule has 30 heteroatoms. The smallest absolute Gasteiger partial charge is 0.333 e. The highest BCUT2D eigenvalue weighted by molar-refractivity contribution is 6.08. The van der Waals surface area contributed by atoms with Crippen LogP contribution in [0.2, 0.25) is 0 Å². The summed E-state index contributed by atoms with van der Waals surface area (Å²) >= 11 is 0. The normalized spacial score (nSPS) is 13.3. The summed E-state index contributed by atoms with van der Waals surface area (Å²) in [5.74, 6) is -4.07. The zero-order valence-corrected chi connectivity index (χ0v) is 51.7. The van der Waals surface area contributed by atoms with Crippen LogP contribution in [0, 0.1) is 49.9 Å². The molecule has 0 fully saturated rings. The molecule has 0 aliphatic carbocycles. The molecule has 0 amide bonds. The van der Waals surface area contributed by atoms with E-state index in [9.17, 15) is 31.9 Å². The molecule has 0 unspecified atom stereocenters. The van der Waals surface area contributed by atoms with Gasteiger partial charge >= 0.3 is 17.1 Å². The van der Waals surface area contributed by atoms with Crippen molar-refractivity contribution in [3.63, 3.8) is 0 Å². The van der Waals surface area contributed by atoms with Crippen molar-refractivity contribution in [3.8, 4) is 73.4 Å². The lowest BCUT2D eigenvalue weighted by atomic mass is 10.0. The highest BCUT2D eigenvalue weighted by Crippen LogP contribution is 2.42. The van der Waals surface area contributed by atoms with Crippen molar-refractivity contribution >= 4 is 65.8 Å². The van der Waals surface area contributed by atoms with Gasteiger partial charge in [-0.3, -0.25) is 71.8 Å². The zero-order valence-electron chi connectivity index (χ0n) is 60.7. The van der Waals surface area contributed by atoms with E-state index in [1.807, 2.05) is 6.92 Å². The minimum atomic E-state index is -2.94. The number of hydrogen-bond acceptors (Lipinski definition) is 16. The van der Waals surface area contributed by atoms with Gasteiger partial charge in [0, 0.05) is 129 Å². The van der Waals surface area contributed by atoms with Crippen LogP contribution in [-0.2, 0) is 35.1 Å². The topological polar surface area (TPSA) is 259 Å². The number of ether oxygens (including phenoxy) is 4. The first-order chi connectivity index (χ1) is 49.6. The third-order valence-corrected chi connectivity index (χ3v) is 16.4. The molecule has 0 aliphatic rings. The van der Waals surface area contributed by atoms with Gasteiger partial charge in [0.05, 0.1) is 155 Å². The van der Waals surface area contributed by atoms with E-state index in [4.69, 9.17) is 31.3 Å². The summed E-state index contributed by atoms with van der Waals surface area (Å²) in [5, 5.41) is 16.5. The molecule has 15 aromatic rings. The summed E-state index contributed by atoms with van der Waals surface area (Å²) in [7, 11) is 5.95. The molecule has 12 heterocycles. The monoisotopic (exact) mass is 1320 g/mol. The summed E-state index contributed by atoms with van der Waals surface area (Å²) in [5.41, 5.74) is 4.62. The fraction of sp³-hybridized carbons (Fsp3) is 0.182. The fourth-order valence-corrected chi connectivity index (χ4v) is 11.8. The number of aromatic nitrogens is 18.